The average Bonchev–Trinajstić information content (AvgIpc) is 2.79. The van der Waals surface area contributed by atoms with Gasteiger partial charge in [0, 0.05) is 21.5 Å². The Bertz CT molecular complexity index is 465. The Hall–Kier alpha value is -0.710. The van der Waals surface area contributed by atoms with Gasteiger partial charge in [0.25, 0.3) is 0 Å². The topological polar surface area (TPSA) is 24.9 Å². The first-order valence-electron chi connectivity index (χ1n) is 5.72. The van der Waals surface area contributed by atoms with Crippen LogP contribution in [0.4, 0.5) is 0 Å². The van der Waals surface area contributed by atoms with E-state index in [0.29, 0.717) is 0 Å². The van der Waals surface area contributed by atoms with Crippen molar-refractivity contribution in [2.75, 3.05) is 6.54 Å². The van der Waals surface area contributed by atoms with E-state index in [4.69, 9.17) is 0 Å². The van der Waals surface area contributed by atoms with Crippen molar-refractivity contribution in [1.29, 1.82) is 0 Å². The molecule has 4 heteroatoms. The van der Waals surface area contributed by atoms with E-state index < -0.39 is 0 Å². The minimum absolute atomic E-state index is 0.919. The second kappa shape index (κ2) is 6.28. The first-order chi connectivity index (χ1) is 8.29. The van der Waals surface area contributed by atoms with Gasteiger partial charge in [-0.1, -0.05) is 35.0 Å². The monoisotopic (exact) mass is 310 g/mol. The first-order valence-corrected chi connectivity index (χ1v) is 7.28. The molecule has 0 saturated heterocycles. The van der Waals surface area contributed by atoms with Crippen LogP contribution < -0.4 is 5.32 Å². The van der Waals surface area contributed by atoms with Crippen molar-refractivity contribution in [3.05, 3.63) is 39.7 Å². The Labute approximate surface area is 114 Å². The van der Waals surface area contributed by atoms with Gasteiger partial charge in [-0.05, 0) is 42.7 Å². The number of halogens is 1. The molecule has 0 spiro atoms. The zero-order chi connectivity index (χ0) is 12.1. The van der Waals surface area contributed by atoms with Crippen LogP contribution in [0.5, 0.6) is 0 Å². The normalized spacial score (nSPS) is 10.7. The Kier molecular flexibility index (Phi) is 4.71. The first kappa shape index (κ1) is 12.7. The van der Waals surface area contributed by atoms with Crippen molar-refractivity contribution < 1.29 is 0 Å². The molecular weight excluding hydrogens is 296 g/mol. The summed E-state index contributed by atoms with van der Waals surface area (Å²) in [7, 11) is 0. The fourth-order valence-electron chi connectivity index (χ4n) is 1.54. The van der Waals surface area contributed by atoms with Crippen molar-refractivity contribution in [1.82, 2.24) is 9.69 Å². The third kappa shape index (κ3) is 3.63. The van der Waals surface area contributed by atoms with Gasteiger partial charge in [0.2, 0.25) is 0 Å². The Balaban J connectivity index is 2.04. The predicted octanol–water partition coefficient (Wildman–Crippen LogP) is 4.07. The summed E-state index contributed by atoms with van der Waals surface area (Å²) in [6.45, 7) is 4.15. The van der Waals surface area contributed by atoms with E-state index in [9.17, 15) is 0 Å². The molecule has 0 aliphatic carbocycles. The van der Waals surface area contributed by atoms with Gasteiger partial charge in [0.1, 0.15) is 0 Å². The highest BCUT2D eigenvalue weighted by molar-refractivity contribution is 9.10. The molecule has 0 fully saturated rings. The average molecular weight is 311 g/mol. The van der Waals surface area contributed by atoms with Crippen LogP contribution >= 0.6 is 27.5 Å². The SMILES string of the molecule is CCCNCc1cc(-c2ccc(Br)cc2)ns1. The van der Waals surface area contributed by atoms with Gasteiger partial charge >= 0.3 is 0 Å². The lowest BCUT2D eigenvalue weighted by Gasteiger charge is -1.98. The molecule has 1 heterocycles. The zero-order valence-electron chi connectivity index (χ0n) is 9.74. The van der Waals surface area contributed by atoms with Gasteiger partial charge in [-0.25, -0.2) is 0 Å². The molecule has 0 radical (unpaired) electrons. The number of benzene rings is 1. The highest BCUT2D eigenvalue weighted by Crippen LogP contribution is 2.23. The van der Waals surface area contributed by atoms with Crippen molar-refractivity contribution >= 4 is 27.5 Å². The molecule has 0 aliphatic rings. The van der Waals surface area contributed by atoms with Crippen molar-refractivity contribution in [2.24, 2.45) is 0 Å². The van der Waals surface area contributed by atoms with Crippen LogP contribution in [0.25, 0.3) is 11.3 Å². The lowest BCUT2D eigenvalue weighted by atomic mass is 10.1. The van der Waals surface area contributed by atoms with Gasteiger partial charge in [0.15, 0.2) is 0 Å². The summed E-state index contributed by atoms with van der Waals surface area (Å²) in [5, 5.41) is 3.39. The van der Waals surface area contributed by atoms with E-state index in [0.717, 1.165) is 23.3 Å². The molecule has 2 rings (SSSR count). The minimum Gasteiger partial charge on any atom is -0.312 e. The molecule has 1 aromatic carbocycles. The third-order valence-corrected chi connectivity index (χ3v) is 3.74. The Morgan fingerprint density at radius 3 is 2.76 bits per heavy atom. The van der Waals surface area contributed by atoms with Crippen LogP contribution in [0.2, 0.25) is 0 Å². The van der Waals surface area contributed by atoms with Crippen molar-refractivity contribution in [2.45, 2.75) is 19.9 Å². The highest BCUT2D eigenvalue weighted by Gasteiger charge is 2.03. The second-order valence-corrected chi connectivity index (χ2v) is 5.67. The number of nitrogens with zero attached hydrogens (tertiary/aromatic N) is 1. The van der Waals surface area contributed by atoms with Crippen LogP contribution in [-0.2, 0) is 6.54 Å². The number of rotatable bonds is 5. The van der Waals surface area contributed by atoms with Crippen molar-refractivity contribution in [3.63, 3.8) is 0 Å². The quantitative estimate of drug-likeness (QED) is 0.842. The molecule has 0 unspecified atom stereocenters. The van der Waals surface area contributed by atoms with Gasteiger partial charge < -0.3 is 5.32 Å². The Morgan fingerprint density at radius 2 is 2.06 bits per heavy atom. The Morgan fingerprint density at radius 1 is 1.29 bits per heavy atom. The lowest BCUT2D eigenvalue weighted by Crippen LogP contribution is -2.12. The van der Waals surface area contributed by atoms with E-state index in [1.54, 1.807) is 11.5 Å². The van der Waals surface area contributed by atoms with Gasteiger partial charge in [0.05, 0.1) is 5.69 Å². The highest BCUT2D eigenvalue weighted by atomic mass is 79.9. The summed E-state index contributed by atoms with van der Waals surface area (Å²) >= 11 is 5.01. The van der Waals surface area contributed by atoms with E-state index in [1.807, 2.05) is 12.1 Å². The maximum absolute atomic E-state index is 4.48. The van der Waals surface area contributed by atoms with Crippen molar-refractivity contribution in [3.8, 4) is 11.3 Å². The van der Waals surface area contributed by atoms with E-state index >= 15 is 0 Å². The summed E-state index contributed by atoms with van der Waals surface area (Å²) in [6, 6.07) is 10.4. The van der Waals surface area contributed by atoms with Crippen LogP contribution in [0.3, 0.4) is 0 Å². The fourth-order valence-corrected chi connectivity index (χ4v) is 2.51. The van der Waals surface area contributed by atoms with Crippen LogP contribution in [0.1, 0.15) is 18.2 Å². The van der Waals surface area contributed by atoms with Crippen LogP contribution in [0, 0.1) is 0 Å². The molecule has 2 aromatic rings. The second-order valence-electron chi connectivity index (χ2n) is 3.86. The predicted molar refractivity (Wildman–Crippen MR) is 77.2 cm³/mol. The van der Waals surface area contributed by atoms with Crippen LogP contribution in [-0.4, -0.2) is 10.9 Å². The molecule has 0 bridgehead atoms. The molecule has 0 amide bonds. The number of hydrogen-bond acceptors (Lipinski definition) is 3. The molecule has 2 nitrogen and oxygen atoms in total. The largest absolute Gasteiger partial charge is 0.312 e. The maximum Gasteiger partial charge on any atom is 0.0844 e. The molecular formula is C13H15BrN2S. The van der Waals surface area contributed by atoms with Gasteiger partial charge in [-0.3, -0.25) is 0 Å². The van der Waals surface area contributed by atoms with Crippen LogP contribution in [0.15, 0.2) is 34.8 Å². The summed E-state index contributed by atoms with van der Waals surface area (Å²) in [6.07, 6.45) is 1.17. The standard InChI is InChI=1S/C13H15BrN2S/c1-2-7-15-9-12-8-13(16-17-12)10-3-5-11(14)6-4-10/h3-6,8,15H,2,7,9H2,1H3. The fraction of sp³-hybridized carbons (Fsp3) is 0.308. The molecule has 0 atom stereocenters. The summed E-state index contributed by atoms with van der Waals surface area (Å²) in [4.78, 5) is 1.29. The molecule has 90 valence electrons. The molecule has 0 saturated carbocycles. The summed E-state index contributed by atoms with van der Waals surface area (Å²) in [5.41, 5.74) is 2.24. The number of hydrogen-bond donors (Lipinski definition) is 1. The summed E-state index contributed by atoms with van der Waals surface area (Å²) in [5.74, 6) is 0. The molecule has 0 aliphatic heterocycles. The van der Waals surface area contributed by atoms with Gasteiger partial charge in [-0.2, -0.15) is 4.37 Å². The van der Waals surface area contributed by atoms with Gasteiger partial charge in [-0.15, -0.1) is 0 Å². The smallest absolute Gasteiger partial charge is 0.0844 e. The molecule has 17 heavy (non-hydrogen) atoms. The lowest BCUT2D eigenvalue weighted by molar-refractivity contribution is 0.681. The third-order valence-electron chi connectivity index (χ3n) is 2.42. The minimum atomic E-state index is 0.919. The number of nitrogens with one attached hydrogen (secondary N) is 1. The van der Waals surface area contributed by atoms with E-state index in [-0.39, 0.29) is 0 Å². The maximum atomic E-state index is 4.48. The zero-order valence-corrected chi connectivity index (χ0v) is 12.1. The summed E-state index contributed by atoms with van der Waals surface area (Å²) < 4.78 is 5.58. The van der Waals surface area contributed by atoms with E-state index in [2.05, 4.69) is 50.7 Å². The number of aromatic nitrogens is 1. The molecule has 1 aromatic heterocycles. The van der Waals surface area contributed by atoms with E-state index in [1.165, 1.54) is 16.9 Å². The molecule has 1 N–H and O–H groups in total.